The highest BCUT2D eigenvalue weighted by atomic mass is 35.5. The zero-order chi connectivity index (χ0) is 21.2. The molecule has 0 saturated carbocycles. The molecule has 1 saturated heterocycles. The number of nitrogens with one attached hydrogen (secondary N) is 1. The first kappa shape index (κ1) is 22.4. The second-order valence-corrected chi connectivity index (χ2v) is 13.9. The van der Waals surface area contributed by atoms with Crippen molar-refractivity contribution in [3.8, 4) is 0 Å². The first-order valence-electron chi connectivity index (χ1n) is 10.0. The van der Waals surface area contributed by atoms with Crippen molar-refractivity contribution in [2.75, 3.05) is 18.1 Å². The summed E-state index contributed by atoms with van der Waals surface area (Å²) in [4.78, 5) is 13.0. The van der Waals surface area contributed by atoms with Crippen LogP contribution in [-0.2, 0) is 4.74 Å². The van der Waals surface area contributed by atoms with E-state index in [4.69, 9.17) is 16.3 Å². The minimum Gasteiger partial charge on any atom is -0.394 e. The monoisotopic (exact) mass is 443 g/mol. The summed E-state index contributed by atoms with van der Waals surface area (Å²) >= 11 is 6.33. The molecule has 4 N–H and O–H groups in total. The van der Waals surface area contributed by atoms with Crippen LogP contribution in [0.15, 0.2) is 6.33 Å². The van der Waals surface area contributed by atoms with E-state index in [1.165, 1.54) is 36.2 Å². The molecule has 0 aromatic carbocycles. The SMILES string of the molecule is CCCCC[Si](C)(C)CNc1ncnc2c1nc(Cl)n2[C@@H]1O[C@H](CO)[C@@H](O)[C@H]1O. The fraction of sp³-hybridized carbons (Fsp3) is 0.722. The average Bonchev–Trinajstić information content (AvgIpc) is 3.16. The Morgan fingerprint density at radius 3 is 2.66 bits per heavy atom. The van der Waals surface area contributed by atoms with E-state index in [-0.39, 0.29) is 5.28 Å². The molecular formula is C18H30ClN5O4Si. The Morgan fingerprint density at radius 1 is 1.24 bits per heavy atom. The molecule has 1 aliphatic heterocycles. The van der Waals surface area contributed by atoms with Crippen LogP contribution in [0.5, 0.6) is 0 Å². The molecule has 0 bridgehead atoms. The lowest BCUT2D eigenvalue weighted by molar-refractivity contribution is -0.0509. The van der Waals surface area contributed by atoms with Crippen molar-refractivity contribution < 1.29 is 20.1 Å². The third-order valence-electron chi connectivity index (χ3n) is 5.40. The number of hydrogen-bond acceptors (Lipinski definition) is 8. The van der Waals surface area contributed by atoms with Gasteiger partial charge < -0.3 is 25.4 Å². The van der Waals surface area contributed by atoms with Crippen molar-refractivity contribution in [3.05, 3.63) is 11.6 Å². The predicted molar refractivity (Wildman–Crippen MR) is 114 cm³/mol. The normalized spacial score (nSPS) is 25.1. The summed E-state index contributed by atoms with van der Waals surface area (Å²) < 4.78 is 7.02. The summed E-state index contributed by atoms with van der Waals surface area (Å²) in [5.74, 6) is 0.582. The van der Waals surface area contributed by atoms with Crippen molar-refractivity contribution in [1.29, 1.82) is 0 Å². The van der Waals surface area contributed by atoms with Gasteiger partial charge in [0.05, 0.1) is 14.7 Å². The van der Waals surface area contributed by atoms with Crippen LogP contribution in [0.4, 0.5) is 5.82 Å². The second-order valence-electron chi connectivity index (χ2n) is 8.35. The Bertz CT molecular complexity index is 836. The van der Waals surface area contributed by atoms with Gasteiger partial charge in [-0.3, -0.25) is 4.57 Å². The molecule has 0 spiro atoms. The smallest absolute Gasteiger partial charge is 0.207 e. The fourth-order valence-corrected chi connectivity index (χ4v) is 5.89. The molecule has 29 heavy (non-hydrogen) atoms. The molecule has 1 fully saturated rings. The van der Waals surface area contributed by atoms with Crippen molar-refractivity contribution in [1.82, 2.24) is 19.5 Å². The van der Waals surface area contributed by atoms with Crippen LogP contribution in [0.2, 0.25) is 24.4 Å². The summed E-state index contributed by atoms with van der Waals surface area (Å²) in [5, 5.41) is 33.2. The van der Waals surface area contributed by atoms with E-state index in [0.717, 1.165) is 6.17 Å². The van der Waals surface area contributed by atoms with Gasteiger partial charge in [0.1, 0.15) is 24.6 Å². The van der Waals surface area contributed by atoms with Crippen LogP contribution < -0.4 is 5.32 Å². The molecule has 1 aliphatic rings. The van der Waals surface area contributed by atoms with Crippen molar-refractivity contribution >= 4 is 36.7 Å². The van der Waals surface area contributed by atoms with Crippen LogP contribution in [0, 0.1) is 0 Å². The van der Waals surface area contributed by atoms with Gasteiger partial charge in [0.15, 0.2) is 23.2 Å². The molecule has 2 aromatic heterocycles. The van der Waals surface area contributed by atoms with Crippen LogP contribution in [0.25, 0.3) is 11.2 Å². The Labute approximate surface area is 176 Å². The van der Waals surface area contributed by atoms with E-state index in [1.54, 1.807) is 0 Å². The van der Waals surface area contributed by atoms with Crippen LogP contribution in [-0.4, -0.2) is 74.0 Å². The highest BCUT2D eigenvalue weighted by molar-refractivity contribution is 6.78. The van der Waals surface area contributed by atoms with Gasteiger partial charge in [-0.1, -0.05) is 45.3 Å². The third kappa shape index (κ3) is 4.73. The summed E-state index contributed by atoms with van der Waals surface area (Å²) in [7, 11) is -1.44. The molecule has 0 amide bonds. The first-order chi connectivity index (χ1) is 13.8. The summed E-state index contributed by atoms with van der Waals surface area (Å²) in [6.45, 7) is 6.48. The predicted octanol–water partition coefficient (Wildman–Crippen LogP) is 1.94. The first-order valence-corrected chi connectivity index (χ1v) is 13.8. The zero-order valence-corrected chi connectivity index (χ0v) is 18.8. The van der Waals surface area contributed by atoms with E-state index in [2.05, 4.69) is 40.3 Å². The number of rotatable bonds is 9. The van der Waals surface area contributed by atoms with Crippen molar-refractivity contribution in [3.63, 3.8) is 0 Å². The molecule has 4 atom stereocenters. The maximum absolute atomic E-state index is 10.3. The lowest BCUT2D eigenvalue weighted by Gasteiger charge is -2.23. The van der Waals surface area contributed by atoms with E-state index in [1.807, 2.05) is 0 Å². The number of fused-ring (bicyclic) bond motifs is 1. The largest absolute Gasteiger partial charge is 0.394 e. The van der Waals surface area contributed by atoms with Crippen molar-refractivity contribution in [2.24, 2.45) is 0 Å². The topological polar surface area (TPSA) is 126 Å². The Morgan fingerprint density at radius 2 is 2.00 bits per heavy atom. The van der Waals surface area contributed by atoms with Gasteiger partial charge in [-0.25, -0.2) is 15.0 Å². The fourth-order valence-electron chi connectivity index (χ4n) is 3.60. The number of aliphatic hydroxyl groups is 3. The van der Waals surface area contributed by atoms with Gasteiger partial charge in [-0.15, -0.1) is 0 Å². The Hall–Kier alpha value is -1.30. The number of aliphatic hydroxyl groups excluding tert-OH is 3. The molecular weight excluding hydrogens is 414 g/mol. The van der Waals surface area contributed by atoms with E-state index in [0.29, 0.717) is 17.0 Å². The molecule has 9 nitrogen and oxygen atoms in total. The van der Waals surface area contributed by atoms with Gasteiger partial charge in [-0.2, -0.15) is 0 Å². The number of anilines is 1. The van der Waals surface area contributed by atoms with Crippen LogP contribution in [0.3, 0.4) is 0 Å². The molecule has 0 radical (unpaired) electrons. The minimum atomic E-state index is -1.44. The number of aromatic nitrogens is 4. The number of halogens is 1. The van der Waals surface area contributed by atoms with Crippen LogP contribution >= 0.6 is 11.6 Å². The number of hydrogen-bond donors (Lipinski definition) is 4. The van der Waals surface area contributed by atoms with Crippen LogP contribution in [0.1, 0.15) is 32.4 Å². The van der Waals surface area contributed by atoms with E-state index in [9.17, 15) is 15.3 Å². The lowest BCUT2D eigenvalue weighted by atomic mass is 10.1. The van der Waals surface area contributed by atoms with Gasteiger partial charge in [0.2, 0.25) is 5.28 Å². The number of imidazole rings is 1. The summed E-state index contributed by atoms with van der Waals surface area (Å²) in [5.41, 5.74) is 0.876. The molecule has 3 heterocycles. The minimum absolute atomic E-state index is 0.0674. The number of unbranched alkanes of at least 4 members (excludes halogenated alkanes) is 2. The van der Waals surface area contributed by atoms with Gasteiger partial charge in [0, 0.05) is 6.17 Å². The third-order valence-corrected chi connectivity index (χ3v) is 8.50. The van der Waals surface area contributed by atoms with Gasteiger partial charge >= 0.3 is 0 Å². The maximum atomic E-state index is 10.3. The highest BCUT2D eigenvalue weighted by Crippen LogP contribution is 2.35. The molecule has 0 unspecified atom stereocenters. The molecule has 162 valence electrons. The summed E-state index contributed by atoms with van der Waals surface area (Å²) in [6, 6.07) is 1.24. The number of ether oxygens (including phenoxy) is 1. The lowest BCUT2D eigenvalue weighted by Crippen LogP contribution is -2.35. The zero-order valence-electron chi connectivity index (χ0n) is 17.0. The van der Waals surface area contributed by atoms with Gasteiger partial charge in [-0.05, 0) is 11.6 Å². The quantitative estimate of drug-likeness (QED) is 0.263. The Balaban J connectivity index is 1.83. The summed E-state index contributed by atoms with van der Waals surface area (Å²) in [6.07, 6.45) is 1.56. The van der Waals surface area contributed by atoms with E-state index >= 15 is 0 Å². The van der Waals surface area contributed by atoms with Crippen molar-refractivity contribution in [2.45, 2.75) is 69.9 Å². The highest BCUT2D eigenvalue weighted by Gasteiger charge is 2.45. The standard InChI is InChI=1S/C18H30ClN5O4Si/c1-4-5-6-7-29(2,3)10-22-15-12-16(21-9-20-15)24(18(19)23-12)17-14(27)13(26)11(8-25)28-17/h9,11,13-14,17,25-27H,4-8,10H2,1-3H3,(H,20,21,22)/t11-,13-,14-,17-/m1/s1. The molecule has 2 aromatic rings. The molecule has 11 heteroatoms. The van der Waals surface area contributed by atoms with Gasteiger partial charge in [0.25, 0.3) is 0 Å². The molecule has 0 aliphatic carbocycles. The maximum Gasteiger partial charge on any atom is 0.207 e. The molecule has 3 rings (SSSR count). The van der Waals surface area contributed by atoms with E-state index < -0.39 is 39.2 Å². The average molecular weight is 444 g/mol. The number of nitrogens with zero attached hydrogens (tertiary/aromatic N) is 4. The second kappa shape index (κ2) is 9.23. The Kier molecular flexibility index (Phi) is 7.13.